The van der Waals surface area contributed by atoms with Crippen LogP contribution < -0.4 is 11.1 Å². The first-order valence-corrected chi connectivity index (χ1v) is 9.00. The molecule has 26 heavy (non-hydrogen) atoms. The summed E-state index contributed by atoms with van der Waals surface area (Å²) in [6.07, 6.45) is 3.04. The number of aryl methyl sites for hydroxylation is 1. The van der Waals surface area contributed by atoms with Crippen LogP contribution in [-0.4, -0.2) is 5.91 Å². The van der Waals surface area contributed by atoms with Gasteiger partial charge in [-0.3, -0.25) is 4.79 Å². The maximum absolute atomic E-state index is 12.2. The highest BCUT2D eigenvalue weighted by atomic mass is 79.9. The predicted molar refractivity (Wildman–Crippen MR) is 110 cm³/mol. The van der Waals surface area contributed by atoms with Crippen LogP contribution in [0.5, 0.6) is 0 Å². The molecule has 0 bridgehead atoms. The van der Waals surface area contributed by atoms with Crippen molar-refractivity contribution in [1.29, 1.82) is 0 Å². The Bertz CT molecular complexity index is 955. The van der Waals surface area contributed by atoms with E-state index in [2.05, 4.69) is 21.2 Å². The van der Waals surface area contributed by atoms with Crippen molar-refractivity contribution >= 4 is 50.9 Å². The summed E-state index contributed by atoms with van der Waals surface area (Å²) >= 11 is 9.30. The fourth-order valence-corrected chi connectivity index (χ4v) is 3.27. The Kier molecular flexibility index (Phi) is 5.49. The van der Waals surface area contributed by atoms with Crippen molar-refractivity contribution in [3.05, 3.63) is 75.4 Å². The molecule has 0 saturated heterocycles. The Labute approximate surface area is 164 Å². The van der Waals surface area contributed by atoms with E-state index in [-0.39, 0.29) is 5.91 Å². The number of hydrogen-bond donors (Lipinski definition) is 2. The van der Waals surface area contributed by atoms with E-state index in [1.165, 1.54) is 6.08 Å². The molecule has 0 spiro atoms. The number of halogens is 2. The SMILES string of the molecule is Cc1cc(N)cc(Br)c1NC(=O)/C=C/c1ccc(-c2ccc(Cl)cc2)o1. The monoisotopic (exact) mass is 430 g/mol. The van der Waals surface area contributed by atoms with Gasteiger partial charge in [-0.25, -0.2) is 0 Å². The normalized spacial score (nSPS) is 11.0. The lowest BCUT2D eigenvalue weighted by Crippen LogP contribution is -2.09. The van der Waals surface area contributed by atoms with Gasteiger partial charge in [-0.1, -0.05) is 11.6 Å². The molecule has 0 aliphatic carbocycles. The lowest BCUT2D eigenvalue weighted by atomic mass is 10.2. The summed E-state index contributed by atoms with van der Waals surface area (Å²) in [5.74, 6) is 1.03. The van der Waals surface area contributed by atoms with E-state index in [4.69, 9.17) is 21.8 Å². The number of furan rings is 1. The van der Waals surface area contributed by atoms with Crippen molar-refractivity contribution in [3.8, 4) is 11.3 Å². The average molecular weight is 432 g/mol. The molecule has 0 aliphatic heterocycles. The first-order valence-electron chi connectivity index (χ1n) is 7.83. The number of carbonyl (C=O) groups is 1. The number of carbonyl (C=O) groups excluding carboxylic acids is 1. The molecule has 1 heterocycles. The van der Waals surface area contributed by atoms with E-state index in [0.29, 0.717) is 27.9 Å². The molecule has 0 aliphatic rings. The molecule has 2 aromatic carbocycles. The maximum Gasteiger partial charge on any atom is 0.248 e. The molecule has 4 nitrogen and oxygen atoms in total. The summed E-state index contributed by atoms with van der Waals surface area (Å²) in [6, 6.07) is 14.6. The van der Waals surface area contributed by atoms with Crippen molar-refractivity contribution in [2.45, 2.75) is 6.92 Å². The zero-order valence-corrected chi connectivity index (χ0v) is 16.3. The van der Waals surface area contributed by atoms with Crippen molar-refractivity contribution in [1.82, 2.24) is 0 Å². The van der Waals surface area contributed by atoms with Gasteiger partial charge in [-0.15, -0.1) is 0 Å². The summed E-state index contributed by atoms with van der Waals surface area (Å²) < 4.78 is 6.47. The molecule has 0 fully saturated rings. The van der Waals surface area contributed by atoms with Gasteiger partial charge >= 0.3 is 0 Å². The molecule has 0 unspecified atom stereocenters. The van der Waals surface area contributed by atoms with Crippen LogP contribution in [0, 0.1) is 6.92 Å². The molecule has 6 heteroatoms. The van der Waals surface area contributed by atoms with Crippen molar-refractivity contribution in [2.75, 3.05) is 11.1 Å². The number of nitrogen functional groups attached to an aromatic ring is 1. The van der Waals surface area contributed by atoms with Crippen molar-refractivity contribution in [2.24, 2.45) is 0 Å². The van der Waals surface area contributed by atoms with E-state index in [9.17, 15) is 4.79 Å². The van der Waals surface area contributed by atoms with Crippen molar-refractivity contribution < 1.29 is 9.21 Å². The highest BCUT2D eigenvalue weighted by Crippen LogP contribution is 2.29. The second-order valence-corrected chi connectivity index (χ2v) is 7.02. The molecule has 0 radical (unpaired) electrons. The lowest BCUT2D eigenvalue weighted by Gasteiger charge is -2.10. The third-order valence-electron chi connectivity index (χ3n) is 3.71. The molecule has 3 aromatic rings. The van der Waals surface area contributed by atoms with E-state index in [1.54, 1.807) is 36.4 Å². The predicted octanol–water partition coefficient (Wildman–Crippen LogP) is 5.91. The fourth-order valence-electron chi connectivity index (χ4n) is 2.46. The summed E-state index contributed by atoms with van der Waals surface area (Å²) in [5, 5.41) is 3.50. The number of nitrogens with two attached hydrogens (primary N) is 1. The molecule has 1 amide bonds. The largest absolute Gasteiger partial charge is 0.457 e. The Morgan fingerprint density at radius 3 is 2.62 bits per heavy atom. The van der Waals surface area contributed by atoms with Crippen LogP contribution in [0.4, 0.5) is 11.4 Å². The van der Waals surface area contributed by atoms with Crippen LogP contribution in [-0.2, 0) is 4.79 Å². The molecule has 0 atom stereocenters. The van der Waals surface area contributed by atoms with Gasteiger partial charge in [0.25, 0.3) is 0 Å². The minimum absolute atomic E-state index is 0.261. The number of nitrogens with one attached hydrogen (secondary N) is 1. The number of rotatable bonds is 4. The van der Waals surface area contributed by atoms with Gasteiger partial charge in [0.1, 0.15) is 11.5 Å². The topological polar surface area (TPSA) is 68.3 Å². The minimum Gasteiger partial charge on any atom is -0.457 e. The van der Waals surface area contributed by atoms with Crippen LogP contribution in [0.15, 0.2) is 63.5 Å². The maximum atomic E-state index is 12.2. The zero-order valence-electron chi connectivity index (χ0n) is 13.9. The summed E-state index contributed by atoms with van der Waals surface area (Å²) in [5.41, 5.74) is 8.89. The summed E-state index contributed by atoms with van der Waals surface area (Å²) in [4.78, 5) is 12.2. The van der Waals surface area contributed by atoms with Gasteiger partial charge in [0.15, 0.2) is 0 Å². The van der Waals surface area contributed by atoms with E-state index < -0.39 is 0 Å². The standard InChI is InChI=1S/C20H16BrClN2O2/c1-12-10-15(23)11-17(21)20(12)24-19(25)9-7-16-6-8-18(26-16)13-2-4-14(22)5-3-13/h2-11H,23H2,1H3,(H,24,25)/b9-7+. The van der Waals surface area contributed by atoms with Crippen LogP contribution in [0.2, 0.25) is 5.02 Å². The van der Waals surface area contributed by atoms with Crippen LogP contribution in [0.25, 0.3) is 17.4 Å². The zero-order chi connectivity index (χ0) is 18.7. The molecule has 3 rings (SSSR count). The lowest BCUT2D eigenvalue weighted by molar-refractivity contribution is -0.111. The first kappa shape index (κ1) is 18.3. The van der Waals surface area contributed by atoms with Crippen LogP contribution in [0.1, 0.15) is 11.3 Å². The van der Waals surface area contributed by atoms with Gasteiger partial charge < -0.3 is 15.5 Å². The highest BCUT2D eigenvalue weighted by molar-refractivity contribution is 9.10. The third-order valence-corrected chi connectivity index (χ3v) is 4.59. The van der Waals surface area contributed by atoms with E-state index in [1.807, 2.05) is 25.1 Å². The number of anilines is 2. The minimum atomic E-state index is -0.261. The van der Waals surface area contributed by atoms with Crippen LogP contribution in [0.3, 0.4) is 0 Å². The average Bonchev–Trinajstić information content (AvgIpc) is 3.06. The Morgan fingerprint density at radius 1 is 1.19 bits per heavy atom. The second-order valence-electron chi connectivity index (χ2n) is 5.73. The van der Waals surface area contributed by atoms with Crippen molar-refractivity contribution in [3.63, 3.8) is 0 Å². The Balaban J connectivity index is 1.70. The molecule has 3 N–H and O–H groups in total. The smallest absolute Gasteiger partial charge is 0.248 e. The van der Waals surface area contributed by atoms with Gasteiger partial charge in [0, 0.05) is 26.8 Å². The highest BCUT2D eigenvalue weighted by Gasteiger charge is 2.08. The number of hydrogen-bond acceptors (Lipinski definition) is 3. The van der Waals surface area contributed by atoms with Gasteiger partial charge in [0.2, 0.25) is 5.91 Å². The third kappa shape index (κ3) is 4.36. The van der Waals surface area contributed by atoms with E-state index in [0.717, 1.165) is 15.6 Å². The number of benzene rings is 2. The molecular formula is C20H16BrClN2O2. The quantitative estimate of drug-likeness (QED) is 0.399. The first-order chi connectivity index (χ1) is 12.4. The number of amides is 1. The van der Waals surface area contributed by atoms with Gasteiger partial charge in [-0.05, 0) is 83.0 Å². The second kappa shape index (κ2) is 7.81. The van der Waals surface area contributed by atoms with E-state index >= 15 is 0 Å². The Hall–Kier alpha value is -2.50. The molecule has 132 valence electrons. The summed E-state index contributed by atoms with van der Waals surface area (Å²) in [7, 11) is 0. The molecular weight excluding hydrogens is 416 g/mol. The summed E-state index contributed by atoms with van der Waals surface area (Å²) in [6.45, 7) is 1.88. The fraction of sp³-hybridized carbons (Fsp3) is 0.0500. The van der Waals surface area contributed by atoms with Gasteiger partial charge in [-0.2, -0.15) is 0 Å². The van der Waals surface area contributed by atoms with Gasteiger partial charge in [0.05, 0.1) is 5.69 Å². The Morgan fingerprint density at radius 2 is 1.92 bits per heavy atom. The van der Waals surface area contributed by atoms with Crippen LogP contribution >= 0.6 is 27.5 Å². The molecule has 1 aromatic heterocycles. The molecule has 0 saturated carbocycles.